The minimum Gasteiger partial charge on any atom is -0.396 e. The molecule has 0 aliphatic carbocycles. The second-order valence-corrected chi connectivity index (χ2v) is 7.28. The molecule has 0 amide bonds. The van der Waals surface area contributed by atoms with E-state index in [1.54, 1.807) is 0 Å². The quantitative estimate of drug-likeness (QED) is 0.855. The molecule has 2 rings (SSSR count). The monoisotopic (exact) mass is 366 g/mol. The van der Waals surface area contributed by atoms with Crippen molar-refractivity contribution in [3.8, 4) is 0 Å². The molecule has 5 nitrogen and oxygen atoms in total. The molecule has 0 spiro atoms. The van der Waals surface area contributed by atoms with E-state index in [-0.39, 0.29) is 18.2 Å². The molecule has 1 aliphatic rings. The predicted molar refractivity (Wildman–Crippen MR) is 78.0 cm³/mol. The number of anilines is 1. The molecule has 1 aromatic rings. The van der Waals surface area contributed by atoms with Crippen LogP contribution >= 0.6 is 15.9 Å². The number of hydrogen-bond acceptors (Lipinski definition) is 3. The van der Waals surface area contributed by atoms with Gasteiger partial charge in [-0.25, -0.2) is 4.39 Å². The van der Waals surface area contributed by atoms with E-state index >= 15 is 0 Å². The molecule has 0 aromatic heterocycles. The lowest BCUT2D eigenvalue weighted by Gasteiger charge is -2.30. The summed E-state index contributed by atoms with van der Waals surface area (Å²) in [4.78, 5) is 0. The Morgan fingerprint density at radius 1 is 1.40 bits per heavy atom. The number of nitrogens with one attached hydrogen (secondary N) is 1. The Morgan fingerprint density at radius 3 is 2.65 bits per heavy atom. The zero-order chi connectivity index (χ0) is 14.8. The van der Waals surface area contributed by atoms with Gasteiger partial charge in [-0.1, -0.05) is 0 Å². The van der Waals surface area contributed by atoms with Gasteiger partial charge in [0.1, 0.15) is 5.82 Å². The van der Waals surface area contributed by atoms with Crippen LogP contribution < -0.4 is 4.72 Å². The van der Waals surface area contributed by atoms with Crippen molar-refractivity contribution < 1.29 is 17.9 Å². The summed E-state index contributed by atoms with van der Waals surface area (Å²) in [7, 11) is -3.70. The Hall–Kier alpha value is -0.700. The summed E-state index contributed by atoms with van der Waals surface area (Å²) in [5, 5.41) is 9.05. The van der Waals surface area contributed by atoms with Crippen molar-refractivity contribution in [3.63, 3.8) is 0 Å². The van der Waals surface area contributed by atoms with E-state index in [4.69, 9.17) is 5.11 Å². The lowest BCUT2D eigenvalue weighted by Crippen LogP contribution is -2.42. The summed E-state index contributed by atoms with van der Waals surface area (Å²) < 4.78 is 41.8. The third-order valence-corrected chi connectivity index (χ3v) is 5.55. The summed E-state index contributed by atoms with van der Waals surface area (Å²) in [6.45, 7) is 0.789. The number of aliphatic hydroxyl groups excluding tert-OH is 1. The smallest absolute Gasteiger partial charge is 0.301 e. The molecule has 0 saturated carbocycles. The minimum absolute atomic E-state index is 0.0801. The van der Waals surface area contributed by atoms with E-state index in [1.807, 2.05) is 0 Å². The lowest BCUT2D eigenvalue weighted by atomic mass is 10.00. The average molecular weight is 367 g/mol. The highest BCUT2D eigenvalue weighted by atomic mass is 79.9. The van der Waals surface area contributed by atoms with Crippen molar-refractivity contribution in [3.05, 3.63) is 28.5 Å². The molecular formula is C12H16BrFN2O3S. The average Bonchev–Trinajstić information content (AvgIpc) is 2.43. The van der Waals surface area contributed by atoms with Crippen LogP contribution in [-0.2, 0) is 10.2 Å². The maximum atomic E-state index is 13.2. The highest BCUT2D eigenvalue weighted by molar-refractivity contribution is 9.10. The van der Waals surface area contributed by atoms with Crippen molar-refractivity contribution in [1.82, 2.24) is 4.31 Å². The van der Waals surface area contributed by atoms with Crippen molar-refractivity contribution in [2.45, 2.75) is 12.8 Å². The molecule has 8 heteroatoms. The third-order valence-electron chi connectivity index (χ3n) is 3.34. The van der Waals surface area contributed by atoms with Gasteiger partial charge in [0.15, 0.2) is 0 Å². The molecule has 1 saturated heterocycles. The lowest BCUT2D eigenvalue weighted by molar-refractivity contribution is 0.170. The normalized spacial score (nSPS) is 18.1. The number of hydrogen-bond donors (Lipinski definition) is 2. The molecule has 1 aliphatic heterocycles. The van der Waals surface area contributed by atoms with Gasteiger partial charge in [-0.2, -0.15) is 12.7 Å². The Bertz CT molecular complexity index is 574. The molecule has 1 aromatic carbocycles. The van der Waals surface area contributed by atoms with Gasteiger partial charge in [0, 0.05) is 24.2 Å². The van der Waals surface area contributed by atoms with Crippen LogP contribution in [0.2, 0.25) is 0 Å². The van der Waals surface area contributed by atoms with E-state index in [0.717, 1.165) is 6.07 Å². The van der Waals surface area contributed by atoms with E-state index < -0.39 is 16.0 Å². The molecule has 112 valence electrons. The van der Waals surface area contributed by atoms with E-state index in [2.05, 4.69) is 20.7 Å². The zero-order valence-electron chi connectivity index (χ0n) is 10.7. The van der Waals surface area contributed by atoms with Crippen LogP contribution in [0.15, 0.2) is 22.7 Å². The maximum Gasteiger partial charge on any atom is 0.301 e. The first-order valence-electron chi connectivity index (χ1n) is 6.26. The molecule has 0 atom stereocenters. The van der Waals surface area contributed by atoms with Gasteiger partial charge >= 0.3 is 10.2 Å². The summed E-state index contributed by atoms with van der Waals surface area (Å²) in [6.07, 6.45) is 1.25. The Morgan fingerprint density at radius 2 is 2.05 bits per heavy atom. The minimum atomic E-state index is -3.70. The second kappa shape index (κ2) is 6.38. The van der Waals surface area contributed by atoms with Gasteiger partial charge in [0.25, 0.3) is 0 Å². The summed E-state index contributed by atoms with van der Waals surface area (Å²) >= 11 is 3.18. The van der Waals surface area contributed by atoms with E-state index in [0.29, 0.717) is 30.4 Å². The second-order valence-electron chi connectivity index (χ2n) is 4.76. The molecule has 0 radical (unpaired) electrons. The van der Waals surface area contributed by atoms with Crippen LogP contribution in [0.1, 0.15) is 12.8 Å². The zero-order valence-corrected chi connectivity index (χ0v) is 13.1. The van der Waals surface area contributed by atoms with Crippen molar-refractivity contribution in [2.24, 2.45) is 5.92 Å². The fourth-order valence-corrected chi connectivity index (χ4v) is 3.86. The molecule has 1 heterocycles. The maximum absolute atomic E-state index is 13.2. The Balaban J connectivity index is 2.10. The third kappa shape index (κ3) is 3.69. The highest BCUT2D eigenvalue weighted by Crippen LogP contribution is 2.26. The number of rotatable bonds is 4. The summed E-state index contributed by atoms with van der Waals surface area (Å²) in [5.74, 6) is -0.354. The molecule has 2 N–H and O–H groups in total. The summed E-state index contributed by atoms with van der Waals surface area (Å²) in [5.41, 5.74) is 0.175. The molecular weight excluding hydrogens is 351 g/mol. The van der Waals surface area contributed by atoms with Gasteiger partial charge in [-0.15, -0.1) is 0 Å². The topological polar surface area (TPSA) is 69.6 Å². The van der Waals surface area contributed by atoms with Crippen LogP contribution in [0.3, 0.4) is 0 Å². The SMILES string of the molecule is O=S(=O)(Nc1cc(F)ccc1Br)N1CCC(CO)CC1. The van der Waals surface area contributed by atoms with Crippen LogP contribution in [0.4, 0.5) is 10.1 Å². The Kier molecular flexibility index (Phi) is 5.00. The van der Waals surface area contributed by atoms with Crippen molar-refractivity contribution in [2.75, 3.05) is 24.4 Å². The van der Waals surface area contributed by atoms with E-state index in [1.165, 1.54) is 16.4 Å². The van der Waals surface area contributed by atoms with Crippen molar-refractivity contribution in [1.29, 1.82) is 0 Å². The number of halogens is 2. The van der Waals surface area contributed by atoms with Crippen LogP contribution in [0, 0.1) is 11.7 Å². The number of aliphatic hydroxyl groups is 1. The molecule has 0 unspecified atom stereocenters. The number of nitrogens with zero attached hydrogens (tertiary/aromatic N) is 1. The number of benzene rings is 1. The highest BCUT2D eigenvalue weighted by Gasteiger charge is 2.28. The number of piperidine rings is 1. The van der Waals surface area contributed by atoms with Gasteiger partial charge in [-0.05, 0) is 52.9 Å². The first-order valence-corrected chi connectivity index (χ1v) is 8.49. The van der Waals surface area contributed by atoms with Gasteiger partial charge in [0.05, 0.1) is 5.69 Å². The van der Waals surface area contributed by atoms with Crippen LogP contribution in [0.5, 0.6) is 0 Å². The molecule has 0 bridgehead atoms. The van der Waals surface area contributed by atoms with Crippen molar-refractivity contribution >= 4 is 31.8 Å². The Labute approximate surface area is 126 Å². The standard InChI is InChI=1S/C12H16BrFN2O3S/c13-11-2-1-10(14)7-12(11)15-20(18,19)16-5-3-9(8-17)4-6-16/h1-2,7,9,15,17H,3-6,8H2. The first-order chi connectivity index (χ1) is 9.42. The summed E-state index contributed by atoms with van der Waals surface area (Å²) in [6, 6.07) is 3.82. The van der Waals surface area contributed by atoms with Gasteiger partial charge in [0.2, 0.25) is 0 Å². The fraction of sp³-hybridized carbons (Fsp3) is 0.500. The van der Waals surface area contributed by atoms with Gasteiger partial charge in [-0.3, -0.25) is 4.72 Å². The largest absolute Gasteiger partial charge is 0.396 e. The van der Waals surface area contributed by atoms with Crippen LogP contribution in [-0.4, -0.2) is 37.5 Å². The van der Waals surface area contributed by atoms with E-state index in [9.17, 15) is 12.8 Å². The predicted octanol–water partition coefficient (Wildman–Crippen LogP) is 1.95. The molecule has 20 heavy (non-hydrogen) atoms. The fourth-order valence-electron chi connectivity index (χ4n) is 2.11. The van der Waals surface area contributed by atoms with Crippen LogP contribution in [0.25, 0.3) is 0 Å². The van der Waals surface area contributed by atoms with Gasteiger partial charge < -0.3 is 5.11 Å². The first kappa shape index (κ1) is 15.7. The molecule has 1 fully saturated rings.